The number of nitrogens with zero attached hydrogens (tertiary/aromatic N) is 1. The van der Waals surface area contributed by atoms with Crippen molar-refractivity contribution in [2.24, 2.45) is 0 Å². The largest absolute Gasteiger partial charge is 0.481 e. The fourth-order valence-electron chi connectivity index (χ4n) is 0.871. The van der Waals surface area contributed by atoms with E-state index in [1.807, 2.05) is 0 Å². The summed E-state index contributed by atoms with van der Waals surface area (Å²) in [5.41, 5.74) is 6.05. The van der Waals surface area contributed by atoms with Gasteiger partial charge in [-0.1, -0.05) is 0 Å². The quantitative estimate of drug-likeness (QED) is 0.759. The lowest BCUT2D eigenvalue weighted by atomic mass is 10.4. The van der Waals surface area contributed by atoms with Crippen LogP contribution >= 0.6 is 15.9 Å². The minimum Gasteiger partial charge on any atom is -0.481 e. The molecule has 0 unspecified atom stereocenters. The van der Waals surface area contributed by atoms with Crippen LogP contribution in [0.3, 0.4) is 0 Å². The highest BCUT2D eigenvalue weighted by atomic mass is 79.9. The lowest BCUT2D eigenvalue weighted by Gasteiger charge is -2.06. The summed E-state index contributed by atoms with van der Waals surface area (Å²) in [5, 5.41) is 11.3. The first-order valence-corrected chi connectivity index (χ1v) is 4.75. The molecule has 1 aromatic heterocycles. The van der Waals surface area contributed by atoms with Crippen molar-refractivity contribution in [1.82, 2.24) is 4.98 Å². The van der Waals surface area contributed by atoms with Crippen LogP contribution in [0.4, 0.5) is 11.5 Å². The zero-order chi connectivity index (χ0) is 10.6. The van der Waals surface area contributed by atoms with Crippen LogP contribution in [0, 0.1) is 0 Å². The SMILES string of the molecule is Nc1cnc(NCCC(=O)O)c(Br)c1. The van der Waals surface area contributed by atoms with Crippen LogP contribution in [0.1, 0.15) is 6.42 Å². The van der Waals surface area contributed by atoms with Gasteiger partial charge < -0.3 is 16.2 Å². The number of anilines is 2. The van der Waals surface area contributed by atoms with Gasteiger partial charge in [-0.05, 0) is 22.0 Å². The van der Waals surface area contributed by atoms with Crippen molar-refractivity contribution in [2.75, 3.05) is 17.6 Å². The number of hydrogen-bond acceptors (Lipinski definition) is 4. The average Bonchev–Trinajstić information content (AvgIpc) is 2.08. The van der Waals surface area contributed by atoms with Gasteiger partial charge in [0.15, 0.2) is 0 Å². The van der Waals surface area contributed by atoms with E-state index in [-0.39, 0.29) is 6.42 Å². The molecule has 76 valence electrons. The van der Waals surface area contributed by atoms with E-state index in [9.17, 15) is 4.79 Å². The summed E-state index contributed by atoms with van der Waals surface area (Å²) >= 11 is 3.26. The van der Waals surface area contributed by atoms with Crippen LogP contribution in [0.15, 0.2) is 16.7 Å². The van der Waals surface area contributed by atoms with Gasteiger partial charge >= 0.3 is 5.97 Å². The maximum absolute atomic E-state index is 10.2. The van der Waals surface area contributed by atoms with Gasteiger partial charge in [0.05, 0.1) is 22.8 Å². The Kier molecular flexibility index (Phi) is 3.70. The molecule has 0 aliphatic carbocycles. The van der Waals surface area contributed by atoms with Gasteiger partial charge in [0, 0.05) is 6.54 Å². The molecule has 1 rings (SSSR count). The Labute approximate surface area is 89.5 Å². The summed E-state index contributed by atoms with van der Waals surface area (Å²) < 4.78 is 0.725. The highest BCUT2D eigenvalue weighted by molar-refractivity contribution is 9.10. The summed E-state index contributed by atoms with van der Waals surface area (Å²) in [5.74, 6) is -0.246. The van der Waals surface area contributed by atoms with Gasteiger partial charge in [0.2, 0.25) is 0 Å². The molecular weight excluding hydrogens is 250 g/mol. The molecule has 0 radical (unpaired) electrons. The van der Waals surface area contributed by atoms with Gasteiger partial charge in [-0.15, -0.1) is 0 Å². The fourth-order valence-corrected chi connectivity index (χ4v) is 1.38. The number of halogens is 1. The van der Waals surface area contributed by atoms with Gasteiger partial charge in [-0.2, -0.15) is 0 Å². The van der Waals surface area contributed by atoms with Gasteiger partial charge in [-0.3, -0.25) is 4.79 Å². The number of carboxylic acid groups (broad SMARTS) is 1. The van der Waals surface area contributed by atoms with Crippen LogP contribution in [-0.4, -0.2) is 22.6 Å². The highest BCUT2D eigenvalue weighted by Crippen LogP contribution is 2.21. The first kappa shape index (κ1) is 10.8. The molecule has 5 nitrogen and oxygen atoms in total. The second-order valence-corrected chi connectivity index (χ2v) is 3.52. The predicted octanol–water partition coefficient (Wildman–Crippen LogP) is 1.31. The lowest BCUT2D eigenvalue weighted by Crippen LogP contribution is -2.09. The summed E-state index contributed by atoms with van der Waals surface area (Å²) in [6, 6.07) is 1.70. The third-order valence-corrected chi connectivity index (χ3v) is 2.10. The van der Waals surface area contributed by atoms with Gasteiger partial charge in [0.25, 0.3) is 0 Å². The number of rotatable bonds is 4. The zero-order valence-corrected chi connectivity index (χ0v) is 8.91. The Balaban J connectivity index is 2.55. The van der Waals surface area contributed by atoms with Crippen molar-refractivity contribution in [1.29, 1.82) is 0 Å². The van der Waals surface area contributed by atoms with Crippen LogP contribution in [0.25, 0.3) is 0 Å². The van der Waals surface area contributed by atoms with Crippen molar-refractivity contribution in [3.63, 3.8) is 0 Å². The zero-order valence-electron chi connectivity index (χ0n) is 7.33. The smallest absolute Gasteiger partial charge is 0.305 e. The Morgan fingerprint density at radius 1 is 1.71 bits per heavy atom. The van der Waals surface area contributed by atoms with E-state index in [0.29, 0.717) is 18.1 Å². The van der Waals surface area contributed by atoms with E-state index in [0.717, 1.165) is 4.47 Å². The molecule has 0 aliphatic heterocycles. The number of aliphatic carboxylic acids is 1. The molecule has 0 saturated heterocycles. The van der Waals surface area contributed by atoms with E-state index < -0.39 is 5.97 Å². The number of carbonyl (C=O) groups is 1. The van der Waals surface area contributed by atoms with Crippen molar-refractivity contribution in [2.45, 2.75) is 6.42 Å². The van der Waals surface area contributed by atoms with Crippen molar-refractivity contribution < 1.29 is 9.90 Å². The monoisotopic (exact) mass is 259 g/mol. The van der Waals surface area contributed by atoms with Crippen molar-refractivity contribution in [3.05, 3.63) is 16.7 Å². The number of nitrogens with one attached hydrogen (secondary N) is 1. The molecule has 1 heterocycles. The van der Waals surface area contributed by atoms with Crippen molar-refractivity contribution >= 4 is 33.4 Å². The second kappa shape index (κ2) is 4.80. The highest BCUT2D eigenvalue weighted by Gasteiger charge is 2.02. The molecule has 0 aliphatic rings. The minimum absolute atomic E-state index is 0.0541. The molecule has 4 N–H and O–H groups in total. The lowest BCUT2D eigenvalue weighted by molar-refractivity contribution is -0.136. The average molecular weight is 260 g/mol. The number of carboxylic acids is 1. The predicted molar refractivity (Wildman–Crippen MR) is 57.1 cm³/mol. The fraction of sp³-hybridized carbons (Fsp3) is 0.250. The molecule has 0 bridgehead atoms. The number of aromatic nitrogens is 1. The molecule has 1 aromatic rings. The first-order valence-electron chi connectivity index (χ1n) is 3.96. The molecule has 14 heavy (non-hydrogen) atoms. The molecule has 0 amide bonds. The third kappa shape index (κ3) is 3.21. The molecule has 0 saturated carbocycles. The van der Waals surface area contributed by atoms with E-state index in [2.05, 4.69) is 26.2 Å². The van der Waals surface area contributed by atoms with Gasteiger partial charge in [0.1, 0.15) is 5.82 Å². The van der Waals surface area contributed by atoms with Crippen LogP contribution < -0.4 is 11.1 Å². The van der Waals surface area contributed by atoms with E-state index in [1.165, 1.54) is 6.20 Å². The van der Waals surface area contributed by atoms with E-state index in [4.69, 9.17) is 10.8 Å². The Morgan fingerprint density at radius 3 is 3.00 bits per heavy atom. The Morgan fingerprint density at radius 2 is 2.43 bits per heavy atom. The van der Waals surface area contributed by atoms with Crippen LogP contribution in [-0.2, 0) is 4.79 Å². The van der Waals surface area contributed by atoms with Crippen molar-refractivity contribution in [3.8, 4) is 0 Å². The topological polar surface area (TPSA) is 88.2 Å². The second-order valence-electron chi connectivity index (χ2n) is 2.67. The van der Waals surface area contributed by atoms with Crippen LogP contribution in [0.5, 0.6) is 0 Å². The standard InChI is InChI=1S/C8H10BrN3O2/c9-6-3-5(10)4-12-8(6)11-2-1-7(13)14/h3-4H,1-2,10H2,(H,11,12)(H,13,14). The molecule has 0 fully saturated rings. The summed E-state index contributed by atoms with van der Waals surface area (Å²) in [7, 11) is 0. The maximum Gasteiger partial charge on any atom is 0.305 e. The molecular formula is C8H10BrN3O2. The molecule has 0 spiro atoms. The van der Waals surface area contributed by atoms with E-state index >= 15 is 0 Å². The minimum atomic E-state index is -0.843. The maximum atomic E-state index is 10.2. The van der Waals surface area contributed by atoms with Crippen LogP contribution in [0.2, 0.25) is 0 Å². The summed E-state index contributed by atoms with van der Waals surface area (Å²) in [6.07, 6.45) is 1.56. The summed E-state index contributed by atoms with van der Waals surface area (Å²) in [6.45, 7) is 0.338. The first-order chi connectivity index (χ1) is 6.59. The number of nitrogens with two attached hydrogens (primary N) is 1. The van der Waals surface area contributed by atoms with E-state index in [1.54, 1.807) is 6.07 Å². The number of pyridine rings is 1. The Bertz CT molecular complexity index is 343. The van der Waals surface area contributed by atoms with Gasteiger partial charge in [-0.25, -0.2) is 4.98 Å². The molecule has 0 atom stereocenters. The number of nitrogen functional groups attached to an aromatic ring is 1. The molecule has 6 heteroatoms. The third-order valence-electron chi connectivity index (χ3n) is 1.49. The normalized spacial score (nSPS) is 9.79. The Hall–Kier alpha value is -1.30. The number of hydrogen-bond donors (Lipinski definition) is 3. The summed E-state index contributed by atoms with van der Waals surface area (Å²) in [4.78, 5) is 14.2. The molecule has 0 aromatic carbocycles.